The molecule has 0 aliphatic carbocycles. The van der Waals surface area contributed by atoms with Crippen molar-refractivity contribution in [3.8, 4) is 0 Å². The molecule has 132 valence electrons. The molecule has 25 heavy (non-hydrogen) atoms. The molecule has 0 radical (unpaired) electrons. The molecule has 2 aromatic rings. The van der Waals surface area contributed by atoms with E-state index in [-0.39, 0.29) is 5.91 Å². The van der Waals surface area contributed by atoms with Gasteiger partial charge in [0.05, 0.1) is 0 Å². The first-order chi connectivity index (χ1) is 12.1. The lowest BCUT2D eigenvalue weighted by molar-refractivity contribution is -0.131. The van der Waals surface area contributed by atoms with Gasteiger partial charge in [-0.15, -0.1) is 0 Å². The monoisotopic (exact) mass is 358 g/mol. The number of piperazine rings is 1. The molecule has 6 heteroatoms. The average molecular weight is 359 g/mol. The van der Waals surface area contributed by atoms with Gasteiger partial charge in [-0.3, -0.25) is 4.79 Å². The average Bonchev–Trinajstić information content (AvgIpc) is 2.66. The Morgan fingerprint density at radius 2 is 1.96 bits per heavy atom. The van der Waals surface area contributed by atoms with E-state index < -0.39 is 0 Å². The van der Waals surface area contributed by atoms with E-state index in [9.17, 15) is 4.79 Å². The molecule has 0 saturated carbocycles. The second-order valence-electron chi connectivity index (χ2n) is 6.14. The normalized spacial score (nSPS) is 14.5. The number of aromatic nitrogens is 1. The molecule has 1 saturated heterocycles. The van der Waals surface area contributed by atoms with Gasteiger partial charge < -0.3 is 15.1 Å². The maximum atomic E-state index is 12.4. The molecule has 1 aromatic carbocycles. The summed E-state index contributed by atoms with van der Waals surface area (Å²) in [5.41, 5.74) is 2.00. The molecular weight excluding hydrogens is 336 g/mol. The van der Waals surface area contributed by atoms with Gasteiger partial charge >= 0.3 is 0 Å². The Balaban J connectivity index is 1.44. The first-order valence-electron chi connectivity index (χ1n) is 8.58. The van der Waals surface area contributed by atoms with Crippen molar-refractivity contribution in [2.75, 3.05) is 42.9 Å². The number of pyridine rings is 1. The Morgan fingerprint density at radius 3 is 2.68 bits per heavy atom. The summed E-state index contributed by atoms with van der Waals surface area (Å²) in [6, 6.07) is 11.7. The SMILES string of the molecule is Cc1c(Cl)cccc1NCCC(=O)N1CCN(c2ccccn2)CC1. The van der Waals surface area contributed by atoms with Crippen LogP contribution in [0.1, 0.15) is 12.0 Å². The Bertz CT molecular complexity index is 715. The standard InChI is InChI=1S/C19H23ClN4O/c1-15-16(20)5-4-6-17(15)21-10-8-19(25)24-13-11-23(12-14-24)18-7-2-3-9-22-18/h2-7,9,21H,8,10-14H2,1H3. The zero-order valence-corrected chi connectivity index (χ0v) is 15.2. The van der Waals surface area contributed by atoms with Gasteiger partial charge in [0.15, 0.2) is 0 Å². The van der Waals surface area contributed by atoms with Crippen LogP contribution in [0.2, 0.25) is 5.02 Å². The highest BCUT2D eigenvalue weighted by molar-refractivity contribution is 6.31. The molecule has 1 aromatic heterocycles. The summed E-state index contributed by atoms with van der Waals surface area (Å²) in [6.45, 7) is 5.72. The fourth-order valence-electron chi connectivity index (χ4n) is 2.99. The van der Waals surface area contributed by atoms with Crippen LogP contribution in [0.4, 0.5) is 11.5 Å². The van der Waals surface area contributed by atoms with Crippen molar-refractivity contribution in [3.63, 3.8) is 0 Å². The Labute approximate surface area is 153 Å². The third-order valence-electron chi connectivity index (χ3n) is 4.53. The number of nitrogens with one attached hydrogen (secondary N) is 1. The van der Waals surface area contributed by atoms with Crippen LogP contribution in [0.25, 0.3) is 0 Å². The van der Waals surface area contributed by atoms with Crippen LogP contribution in [0.15, 0.2) is 42.6 Å². The molecule has 2 heterocycles. The molecule has 1 N–H and O–H groups in total. The molecule has 1 aliphatic rings. The number of hydrogen-bond acceptors (Lipinski definition) is 4. The van der Waals surface area contributed by atoms with Crippen molar-refractivity contribution in [2.24, 2.45) is 0 Å². The van der Waals surface area contributed by atoms with E-state index in [0.717, 1.165) is 48.3 Å². The van der Waals surface area contributed by atoms with E-state index in [1.165, 1.54) is 0 Å². The molecule has 5 nitrogen and oxygen atoms in total. The summed E-state index contributed by atoms with van der Waals surface area (Å²) in [5, 5.41) is 4.04. The first kappa shape index (κ1) is 17.5. The second kappa shape index (κ2) is 8.21. The predicted molar refractivity (Wildman–Crippen MR) is 102 cm³/mol. The van der Waals surface area contributed by atoms with E-state index >= 15 is 0 Å². The maximum absolute atomic E-state index is 12.4. The highest BCUT2D eigenvalue weighted by atomic mass is 35.5. The van der Waals surface area contributed by atoms with Crippen LogP contribution in [-0.4, -0.2) is 48.5 Å². The molecule has 1 aliphatic heterocycles. The van der Waals surface area contributed by atoms with E-state index in [1.807, 2.05) is 48.2 Å². The Hall–Kier alpha value is -2.27. The maximum Gasteiger partial charge on any atom is 0.224 e. The van der Waals surface area contributed by atoms with Crippen LogP contribution in [-0.2, 0) is 4.79 Å². The highest BCUT2D eigenvalue weighted by Gasteiger charge is 2.21. The lowest BCUT2D eigenvalue weighted by Gasteiger charge is -2.35. The lowest BCUT2D eigenvalue weighted by Crippen LogP contribution is -2.49. The van der Waals surface area contributed by atoms with E-state index in [2.05, 4.69) is 15.2 Å². The topological polar surface area (TPSA) is 48.5 Å². The molecule has 0 atom stereocenters. The van der Waals surface area contributed by atoms with Crippen molar-refractivity contribution in [1.82, 2.24) is 9.88 Å². The summed E-state index contributed by atoms with van der Waals surface area (Å²) in [5.74, 6) is 1.17. The van der Waals surface area contributed by atoms with E-state index in [1.54, 1.807) is 6.20 Å². The number of benzene rings is 1. The van der Waals surface area contributed by atoms with Gasteiger partial charge in [-0.05, 0) is 36.8 Å². The summed E-state index contributed by atoms with van der Waals surface area (Å²) >= 11 is 6.12. The van der Waals surface area contributed by atoms with Gasteiger partial charge in [-0.25, -0.2) is 4.98 Å². The van der Waals surface area contributed by atoms with Crippen molar-refractivity contribution < 1.29 is 4.79 Å². The van der Waals surface area contributed by atoms with Gasteiger partial charge in [0, 0.05) is 56.1 Å². The van der Waals surface area contributed by atoms with Crippen LogP contribution in [0.3, 0.4) is 0 Å². The van der Waals surface area contributed by atoms with Gasteiger partial charge in [0.2, 0.25) is 5.91 Å². The minimum Gasteiger partial charge on any atom is -0.384 e. The molecule has 0 spiro atoms. The number of carbonyl (C=O) groups is 1. The second-order valence-corrected chi connectivity index (χ2v) is 6.55. The van der Waals surface area contributed by atoms with Crippen molar-refractivity contribution in [1.29, 1.82) is 0 Å². The zero-order valence-electron chi connectivity index (χ0n) is 14.4. The van der Waals surface area contributed by atoms with Crippen molar-refractivity contribution in [2.45, 2.75) is 13.3 Å². The van der Waals surface area contributed by atoms with Crippen LogP contribution < -0.4 is 10.2 Å². The molecule has 3 rings (SSSR count). The van der Waals surface area contributed by atoms with Crippen molar-refractivity contribution >= 4 is 29.0 Å². The fraction of sp³-hybridized carbons (Fsp3) is 0.368. The zero-order chi connectivity index (χ0) is 17.6. The van der Waals surface area contributed by atoms with Gasteiger partial charge in [0.25, 0.3) is 0 Å². The van der Waals surface area contributed by atoms with Gasteiger partial charge in [-0.2, -0.15) is 0 Å². The fourth-order valence-corrected chi connectivity index (χ4v) is 3.16. The summed E-state index contributed by atoms with van der Waals surface area (Å²) in [7, 11) is 0. The van der Waals surface area contributed by atoms with Crippen molar-refractivity contribution in [3.05, 3.63) is 53.2 Å². The number of amides is 1. The smallest absolute Gasteiger partial charge is 0.224 e. The third kappa shape index (κ3) is 4.42. The first-order valence-corrected chi connectivity index (χ1v) is 8.95. The largest absolute Gasteiger partial charge is 0.384 e. The molecular formula is C19H23ClN4O. The Kier molecular flexibility index (Phi) is 5.76. The highest BCUT2D eigenvalue weighted by Crippen LogP contribution is 2.22. The number of anilines is 2. The summed E-state index contributed by atoms with van der Waals surface area (Å²) < 4.78 is 0. The number of carbonyl (C=O) groups excluding carboxylic acids is 1. The van der Waals surface area contributed by atoms with Crippen LogP contribution in [0, 0.1) is 6.92 Å². The molecule has 0 bridgehead atoms. The predicted octanol–water partition coefficient (Wildman–Crippen LogP) is 3.19. The number of nitrogens with zero attached hydrogens (tertiary/aromatic N) is 3. The number of hydrogen-bond donors (Lipinski definition) is 1. The third-order valence-corrected chi connectivity index (χ3v) is 4.94. The lowest BCUT2D eigenvalue weighted by atomic mass is 10.2. The molecule has 0 unspecified atom stereocenters. The summed E-state index contributed by atoms with van der Waals surface area (Å²) in [4.78, 5) is 20.9. The van der Waals surface area contributed by atoms with Gasteiger partial charge in [-0.1, -0.05) is 23.7 Å². The van der Waals surface area contributed by atoms with Gasteiger partial charge in [0.1, 0.15) is 5.82 Å². The van der Waals surface area contributed by atoms with Crippen LogP contribution in [0.5, 0.6) is 0 Å². The summed E-state index contributed by atoms with van der Waals surface area (Å²) in [6.07, 6.45) is 2.28. The van der Waals surface area contributed by atoms with Crippen LogP contribution >= 0.6 is 11.6 Å². The minimum atomic E-state index is 0.188. The molecule has 1 amide bonds. The molecule has 1 fully saturated rings. The number of rotatable bonds is 5. The quantitative estimate of drug-likeness (QED) is 0.891. The minimum absolute atomic E-state index is 0.188. The van der Waals surface area contributed by atoms with E-state index in [0.29, 0.717) is 13.0 Å². The number of halogens is 1. The Morgan fingerprint density at radius 1 is 1.16 bits per heavy atom. The van der Waals surface area contributed by atoms with E-state index in [4.69, 9.17) is 11.6 Å².